The van der Waals surface area contributed by atoms with Gasteiger partial charge in [-0.3, -0.25) is 4.79 Å². The van der Waals surface area contributed by atoms with E-state index in [0.29, 0.717) is 18.1 Å². The van der Waals surface area contributed by atoms with Gasteiger partial charge in [-0.25, -0.2) is 0 Å². The van der Waals surface area contributed by atoms with Crippen molar-refractivity contribution in [1.82, 2.24) is 0 Å². The van der Waals surface area contributed by atoms with Gasteiger partial charge in [-0.05, 0) is 44.7 Å². The molecule has 1 rings (SSSR count). The molecule has 0 fully saturated rings. The van der Waals surface area contributed by atoms with Gasteiger partial charge in [-0.2, -0.15) is 0 Å². The zero-order valence-corrected chi connectivity index (χ0v) is 11.5. The number of hydrogen-bond donors (Lipinski definition) is 0. The standard InChI is InChI=1S/C16H22O2/c1-13(2)8-7-9-14(3)12-16(17)18-15-10-5-4-6-11-15/h4-6,8,10-11,14H,7,9,12H2,1-3H3. The summed E-state index contributed by atoms with van der Waals surface area (Å²) in [5.74, 6) is 0.835. The second-order valence-corrected chi connectivity index (χ2v) is 4.96. The molecule has 0 aliphatic heterocycles. The van der Waals surface area contributed by atoms with Crippen molar-refractivity contribution in [3.63, 3.8) is 0 Å². The molecule has 2 nitrogen and oxygen atoms in total. The number of allylic oxidation sites excluding steroid dienone is 2. The van der Waals surface area contributed by atoms with Gasteiger partial charge in [0.15, 0.2) is 0 Å². The van der Waals surface area contributed by atoms with Crippen LogP contribution in [0.2, 0.25) is 0 Å². The van der Waals surface area contributed by atoms with E-state index in [9.17, 15) is 4.79 Å². The highest BCUT2D eigenvalue weighted by atomic mass is 16.5. The minimum absolute atomic E-state index is 0.147. The zero-order valence-electron chi connectivity index (χ0n) is 11.5. The molecule has 0 amide bonds. The third-order valence-electron chi connectivity index (χ3n) is 2.70. The van der Waals surface area contributed by atoms with E-state index in [1.807, 2.05) is 18.2 Å². The number of esters is 1. The first kappa shape index (κ1) is 14.5. The van der Waals surface area contributed by atoms with Crippen LogP contribution in [0.25, 0.3) is 0 Å². The Hall–Kier alpha value is -1.57. The molecule has 0 radical (unpaired) electrons. The minimum atomic E-state index is -0.147. The number of carbonyl (C=O) groups is 1. The van der Waals surface area contributed by atoms with Crippen LogP contribution in [0.5, 0.6) is 5.75 Å². The van der Waals surface area contributed by atoms with E-state index in [4.69, 9.17) is 4.74 Å². The first-order chi connectivity index (χ1) is 8.58. The second-order valence-electron chi connectivity index (χ2n) is 4.96. The molecule has 0 N–H and O–H groups in total. The van der Waals surface area contributed by atoms with Crippen LogP contribution >= 0.6 is 0 Å². The first-order valence-electron chi connectivity index (χ1n) is 6.47. The van der Waals surface area contributed by atoms with Crippen LogP contribution in [0, 0.1) is 5.92 Å². The van der Waals surface area contributed by atoms with Crippen molar-refractivity contribution in [3.05, 3.63) is 42.0 Å². The quantitative estimate of drug-likeness (QED) is 0.423. The molecule has 0 saturated carbocycles. The van der Waals surface area contributed by atoms with Crippen molar-refractivity contribution in [3.8, 4) is 5.75 Å². The molecule has 18 heavy (non-hydrogen) atoms. The molecule has 0 aliphatic carbocycles. The van der Waals surface area contributed by atoms with Crippen LogP contribution in [0.15, 0.2) is 42.0 Å². The molecule has 0 bridgehead atoms. The molecule has 1 aromatic rings. The summed E-state index contributed by atoms with van der Waals surface area (Å²) in [6.45, 7) is 6.27. The predicted octanol–water partition coefficient (Wildman–Crippen LogP) is 4.36. The smallest absolute Gasteiger partial charge is 0.311 e. The summed E-state index contributed by atoms with van der Waals surface area (Å²) in [7, 11) is 0. The van der Waals surface area contributed by atoms with Crippen LogP contribution < -0.4 is 4.74 Å². The number of para-hydroxylation sites is 1. The molecule has 2 heteroatoms. The fraction of sp³-hybridized carbons (Fsp3) is 0.438. The van der Waals surface area contributed by atoms with Crippen molar-refractivity contribution in [2.75, 3.05) is 0 Å². The van der Waals surface area contributed by atoms with Crippen LogP contribution in [0.1, 0.15) is 40.0 Å². The lowest BCUT2D eigenvalue weighted by atomic mass is 10.0. The summed E-state index contributed by atoms with van der Waals surface area (Å²) in [6.07, 6.45) is 4.74. The highest BCUT2D eigenvalue weighted by molar-refractivity contribution is 5.72. The van der Waals surface area contributed by atoms with Crippen molar-refractivity contribution in [2.24, 2.45) is 5.92 Å². The SMILES string of the molecule is CC(C)=CCCC(C)CC(=O)Oc1ccccc1. The van der Waals surface area contributed by atoms with Gasteiger partial charge in [0, 0.05) is 6.42 Å². The Bertz CT molecular complexity index is 389. The lowest BCUT2D eigenvalue weighted by Crippen LogP contribution is -2.12. The van der Waals surface area contributed by atoms with E-state index in [2.05, 4.69) is 26.8 Å². The number of carbonyl (C=O) groups excluding carboxylic acids is 1. The molecule has 0 saturated heterocycles. The van der Waals surface area contributed by atoms with E-state index < -0.39 is 0 Å². The van der Waals surface area contributed by atoms with Gasteiger partial charge < -0.3 is 4.74 Å². The Labute approximate surface area is 110 Å². The number of hydrogen-bond acceptors (Lipinski definition) is 2. The minimum Gasteiger partial charge on any atom is -0.427 e. The molecular formula is C16H22O2. The van der Waals surface area contributed by atoms with Gasteiger partial charge in [0.05, 0.1) is 0 Å². The van der Waals surface area contributed by atoms with Crippen molar-refractivity contribution in [1.29, 1.82) is 0 Å². The molecule has 98 valence electrons. The fourth-order valence-corrected chi connectivity index (χ4v) is 1.70. The summed E-state index contributed by atoms with van der Waals surface area (Å²) in [5.41, 5.74) is 1.33. The third-order valence-corrected chi connectivity index (χ3v) is 2.70. The highest BCUT2D eigenvalue weighted by Gasteiger charge is 2.10. The van der Waals surface area contributed by atoms with E-state index in [-0.39, 0.29) is 5.97 Å². The summed E-state index contributed by atoms with van der Waals surface area (Å²) < 4.78 is 5.26. The topological polar surface area (TPSA) is 26.3 Å². The molecule has 1 aromatic carbocycles. The summed E-state index contributed by atoms with van der Waals surface area (Å²) in [6, 6.07) is 9.22. The average molecular weight is 246 g/mol. The molecule has 0 aromatic heterocycles. The molecule has 1 atom stereocenters. The van der Waals surface area contributed by atoms with Gasteiger partial charge >= 0.3 is 5.97 Å². The monoisotopic (exact) mass is 246 g/mol. The van der Waals surface area contributed by atoms with Crippen LogP contribution in [0.4, 0.5) is 0 Å². The van der Waals surface area contributed by atoms with E-state index in [1.165, 1.54) is 5.57 Å². The summed E-state index contributed by atoms with van der Waals surface area (Å²) >= 11 is 0. The number of ether oxygens (including phenoxy) is 1. The lowest BCUT2D eigenvalue weighted by Gasteiger charge is -2.09. The molecule has 1 unspecified atom stereocenters. The highest BCUT2D eigenvalue weighted by Crippen LogP contribution is 2.15. The maximum absolute atomic E-state index is 11.7. The summed E-state index contributed by atoms with van der Waals surface area (Å²) in [5, 5.41) is 0. The second kappa shape index (κ2) is 7.70. The van der Waals surface area contributed by atoms with Gasteiger partial charge in [0.1, 0.15) is 5.75 Å². The van der Waals surface area contributed by atoms with Gasteiger partial charge in [0.2, 0.25) is 0 Å². The molecule has 0 aliphatic rings. The zero-order chi connectivity index (χ0) is 13.4. The van der Waals surface area contributed by atoms with E-state index in [1.54, 1.807) is 12.1 Å². The average Bonchev–Trinajstić information content (AvgIpc) is 2.29. The molecular weight excluding hydrogens is 224 g/mol. The van der Waals surface area contributed by atoms with Crippen LogP contribution in [0.3, 0.4) is 0 Å². The summed E-state index contributed by atoms with van der Waals surface area (Å²) in [4.78, 5) is 11.7. The Balaban J connectivity index is 2.29. The van der Waals surface area contributed by atoms with Gasteiger partial charge in [-0.1, -0.05) is 36.8 Å². The van der Waals surface area contributed by atoms with Gasteiger partial charge in [0.25, 0.3) is 0 Å². The van der Waals surface area contributed by atoms with Crippen LogP contribution in [-0.4, -0.2) is 5.97 Å². The number of benzene rings is 1. The lowest BCUT2D eigenvalue weighted by molar-refractivity contribution is -0.135. The molecule has 0 heterocycles. The predicted molar refractivity (Wildman–Crippen MR) is 74.5 cm³/mol. The van der Waals surface area contributed by atoms with Gasteiger partial charge in [-0.15, -0.1) is 0 Å². The first-order valence-corrected chi connectivity index (χ1v) is 6.47. The largest absolute Gasteiger partial charge is 0.427 e. The normalized spacial score (nSPS) is 11.7. The Kier molecular flexibility index (Phi) is 6.20. The number of rotatable bonds is 6. The maximum Gasteiger partial charge on any atom is 0.311 e. The van der Waals surface area contributed by atoms with E-state index >= 15 is 0 Å². The Morgan fingerprint density at radius 1 is 1.28 bits per heavy atom. The Morgan fingerprint density at radius 2 is 1.94 bits per heavy atom. The third kappa shape index (κ3) is 6.24. The van der Waals surface area contributed by atoms with E-state index in [0.717, 1.165) is 12.8 Å². The van der Waals surface area contributed by atoms with Crippen molar-refractivity contribution >= 4 is 5.97 Å². The Morgan fingerprint density at radius 3 is 2.56 bits per heavy atom. The fourth-order valence-electron chi connectivity index (χ4n) is 1.70. The van der Waals surface area contributed by atoms with Crippen molar-refractivity contribution in [2.45, 2.75) is 40.0 Å². The van der Waals surface area contributed by atoms with Crippen LogP contribution in [-0.2, 0) is 4.79 Å². The molecule has 0 spiro atoms. The maximum atomic E-state index is 11.7. The van der Waals surface area contributed by atoms with Crippen molar-refractivity contribution < 1.29 is 9.53 Å².